The van der Waals surface area contributed by atoms with Crippen molar-refractivity contribution in [1.82, 2.24) is 14.5 Å². The number of aromatic carboxylic acids is 1. The summed E-state index contributed by atoms with van der Waals surface area (Å²) in [5, 5.41) is 11.4. The molecular weight excluding hydrogens is 258 g/mol. The number of hydrogen-bond donors (Lipinski definition) is 2. The molecule has 0 atom stereocenters. The number of aryl methyl sites for hydroxylation is 2. The van der Waals surface area contributed by atoms with Crippen molar-refractivity contribution >= 4 is 17.3 Å². The molecule has 2 rings (SSSR count). The average molecular weight is 267 g/mol. The van der Waals surface area contributed by atoms with E-state index in [0.29, 0.717) is 6.42 Å². The Balaban J connectivity index is 2.28. The number of aromatic nitrogens is 3. The van der Waals surface area contributed by atoms with Gasteiger partial charge in [-0.3, -0.25) is 14.3 Å². The first kappa shape index (κ1) is 12.2. The van der Waals surface area contributed by atoms with Crippen LogP contribution in [0.15, 0.2) is 27.4 Å². The third kappa shape index (κ3) is 2.54. The van der Waals surface area contributed by atoms with Gasteiger partial charge in [-0.25, -0.2) is 14.6 Å². The molecule has 2 N–H and O–H groups in total. The Kier molecular flexibility index (Phi) is 3.38. The monoisotopic (exact) mass is 267 g/mol. The molecule has 0 aliphatic carbocycles. The van der Waals surface area contributed by atoms with Gasteiger partial charge in [0.25, 0.3) is 5.56 Å². The molecular formula is C10H9N3O4S. The maximum absolute atomic E-state index is 11.5. The van der Waals surface area contributed by atoms with Crippen LogP contribution in [0.5, 0.6) is 0 Å². The fraction of sp³-hybridized carbons (Fsp3) is 0.200. The van der Waals surface area contributed by atoms with Crippen LogP contribution in [0.3, 0.4) is 0 Å². The number of rotatable bonds is 4. The van der Waals surface area contributed by atoms with E-state index in [1.165, 1.54) is 11.3 Å². The van der Waals surface area contributed by atoms with Crippen molar-refractivity contribution in [1.29, 1.82) is 0 Å². The Labute approximate surface area is 104 Å². The summed E-state index contributed by atoms with van der Waals surface area (Å²) in [4.78, 5) is 39.5. The van der Waals surface area contributed by atoms with Crippen LogP contribution in [0.1, 0.15) is 15.4 Å². The standard InChI is InChI=1S/C10H9N3O4S/c14-8-6(9(15)16)5-13(10(17)12-8)3-1-7-11-2-4-18-7/h2,4-5H,1,3H2,(H,15,16)(H,12,14,17). The van der Waals surface area contributed by atoms with E-state index >= 15 is 0 Å². The van der Waals surface area contributed by atoms with Gasteiger partial charge in [-0.2, -0.15) is 0 Å². The minimum absolute atomic E-state index is 0.267. The number of H-pyrrole nitrogens is 1. The summed E-state index contributed by atoms with van der Waals surface area (Å²) in [7, 11) is 0. The van der Waals surface area contributed by atoms with Crippen LogP contribution < -0.4 is 11.2 Å². The zero-order valence-electron chi connectivity index (χ0n) is 9.12. The molecule has 2 heterocycles. The maximum Gasteiger partial charge on any atom is 0.342 e. The van der Waals surface area contributed by atoms with Crippen LogP contribution in [0, 0.1) is 0 Å². The van der Waals surface area contributed by atoms with Crippen molar-refractivity contribution in [2.75, 3.05) is 0 Å². The van der Waals surface area contributed by atoms with Gasteiger partial charge >= 0.3 is 11.7 Å². The number of aromatic amines is 1. The third-order valence-corrected chi connectivity index (χ3v) is 3.13. The summed E-state index contributed by atoms with van der Waals surface area (Å²) in [6.45, 7) is 0.267. The fourth-order valence-corrected chi connectivity index (χ4v) is 2.03. The predicted octanol–water partition coefficient (Wildman–Crippen LogP) is -0.0660. The first-order valence-corrected chi connectivity index (χ1v) is 5.91. The third-order valence-electron chi connectivity index (χ3n) is 2.29. The quantitative estimate of drug-likeness (QED) is 0.807. The Morgan fingerprint density at radius 2 is 2.28 bits per heavy atom. The molecule has 8 heteroatoms. The Bertz CT molecular complexity index is 671. The zero-order chi connectivity index (χ0) is 13.1. The smallest absolute Gasteiger partial charge is 0.342 e. The number of carboxylic acids is 1. The van der Waals surface area contributed by atoms with Crippen molar-refractivity contribution in [3.05, 3.63) is 49.2 Å². The van der Waals surface area contributed by atoms with E-state index in [1.54, 1.807) is 6.20 Å². The summed E-state index contributed by atoms with van der Waals surface area (Å²) in [6, 6.07) is 0. The molecule has 0 amide bonds. The average Bonchev–Trinajstić information content (AvgIpc) is 2.80. The summed E-state index contributed by atoms with van der Waals surface area (Å²) >= 11 is 1.45. The molecule has 0 fully saturated rings. The van der Waals surface area contributed by atoms with Gasteiger partial charge in [-0.1, -0.05) is 0 Å². The number of nitrogens with zero attached hydrogens (tertiary/aromatic N) is 2. The number of carbonyl (C=O) groups is 1. The summed E-state index contributed by atoms with van der Waals surface area (Å²) in [5.74, 6) is -1.36. The minimum atomic E-state index is -1.36. The topological polar surface area (TPSA) is 105 Å². The maximum atomic E-state index is 11.5. The normalized spacial score (nSPS) is 10.4. The molecule has 0 bridgehead atoms. The lowest BCUT2D eigenvalue weighted by molar-refractivity contribution is 0.0693. The first-order chi connectivity index (χ1) is 8.58. The Morgan fingerprint density at radius 1 is 1.50 bits per heavy atom. The molecule has 0 aliphatic rings. The summed E-state index contributed by atoms with van der Waals surface area (Å²) in [6.07, 6.45) is 3.21. The molecule has 94 valence electrons. The molecule has 0 unspecified atom stereocenters. The lowest BCUT2D eigenvalue weighted by atomic mass is 10.3. The highest BCUT2D eigenvalue weighted by atomic mass is 32.1. The van der Waals surface area contributed by atoms with E-state index in [4.69, 9.17) is 5.11 Å². The summed E-state index contributed by atoms with van der Waals surface area (Å²) < 4.78 is 1.16. The van der Waals surface area contributed by atoms with Crippen LogP contribution in [0.25, 0.3) is 0 Å². The van der Waals surface area contributed by atoms with Gasteiger partial charge in [-0.15, -0.1) is 11.3 Å². The van der Waals surface area contributed by atoms with Crippen LogP contribution in [0.2, 0.25) is 0 Å². The molecule has 0 saturated carbocycles. The van der Waals surface area contributed by atoms with Gasteiger partial charge in [0.15, 0.2) is 0 Å². The van der Waals surface area contributed by atoms with Gasteiger partial charge in [0.05, 0.1) is 5.01 Å². The van der Waals surface area contributed by atoms with Crippen molar-refractivity contribution < 1.29 is 9.90 Å². The molecule has 0 spiro atoms. The lowest BCUT2D eigenvalue weighted by Crippen LogP contribution is -2.33. The molecule has 0 radical (unpaired) electrons. The zero-order valence-corrected chi connectivity index (χ0v) is 9.94. The molecule has 0 aliphatic heterocycles. The highest BCUT2D eigenvalue weighted by molar-refractivity contribution is 7.09. The van der Waals surface area contributed by atoms with Crippen LogP contribution in [0.4, 0.5) is 0 Å². The number of nitrogens with one attached hydrogen (secondary N) is 1. The van der Waals surface area contributed by atoms with Crippen LogP contribution in [-0.4, -0.2) is 25.6 Å². The molecule has 7 nitrogen and oxygen atoms in total. The van der Waals surface area contributed by atoms with E-state index in [-0.39, 0.29) is 6.54 Å². The Morgan fingerprint density at radius 3 is 2.89 bits per heavy atom. The molecule has 18 heavy (non-hydrogen) atoms. The van der Waals surface area contributed by atoms with Crippen LogP contribution >= 0.6 is 11.3 Å². The van der Waals surface area contributed by atoms with Crippen molar-refractivity contribution in [2.24, 2.45) is 0 Å². The fourth-order valence-electron chi connectivity index (χ4n) is 1.42. The van der Waals surface area contributed by atoms with E-state index in [0.717, 1.165) is 15.8 Å². The molecule has 2 aromatic rings. The first-order valence-electron chi connectivity index (χ1n) is 5.03. The predicted molar refractivity (Wildman–Crippen MR) is 64.1 cm³/mol. The second kappa shape index (κ2) is 4.96. The van der Waals surface area contributed by atoms with Gasteiger partial charge in [0.1, 0.15) is 5.56 Å². The lowest BCUT2D eigenvalue weighted by Gasteiger charge is -2.04. The molecule has 0 saturated heterocycles. The van der Waals surface area contributed by atoms with E-state index in [9.17, 15) is 14.4 Å². The van der Waals surface area contributed by atoms with Gasteiger partial charge in [0.2, 0.25) is 0 Å². The van der Waals surface area contributed by atoms with E-state index in [2.05, 4.69) is 4.98 Å². The van der Waals surface area contributed by atoms with E-state index < -0.39 is 22.8 Å². The summed E-state index contributed by atoms with van der Waals surface area (Å²) in [5.41, 5.74) is -1.96. The van der Waals surface area contributed by atoms with Crippen LogP contribution in [-0.2, 0) is 13.0 Å². The van der Waals surface area contributed by atoms with Gasteiger partial charge < -0.3 is 5.11 Å². The Hall–Kier alpha value is -2.22. The van der Waals surface area contributed by atoms with Crippen molar-refractivity contribution in [3.8, 4) is 0 Å². The largest absolute Gasteiger partial charge is 0.477 e. The number of hydrogen-bond acceptors (Lipinski definition) is 5. The highest BCUT2D eigenvalue weighted by Gasteiger charge is 2.11. The van der Waals surface area contributed by atoms with Crippen molar-refractivity contribution in [3.63, 3.8) is 0 Å². The van der Waals surface area contributed by atoms with E-state index in [1.807, 2.05) is 10.4 Å². The molecule has 2 aromatic heterocycles. The number of thiazole rings is 1. The second-order valence-corrected chi connectivity index (χ2v) is 4.46. The number of carboxylic acid groups (broad SMARTS) is 1. The molecule has 0 aromatic carbocycles. The minimum Gasteiger partial charge on any atom is -0.477 e. The SMILES string of the molecule is O=C(O)c1cn(CCc2nccs2)c(=O)[nH]c1=O. The second-order valence-electron chi connectivity index (χ2n) is 3.48. The van der Waals surface area contributed by atoms with Crippen molar-refractivity contribution in [2.45, 2.75) is 13.0 Å². The van der Waals surface area contributed by atoms with Gasteiger partial charge in [-0.05, 0) is 0 Å². The highest BCUT2D eigenvalue weighted by Crippen LogP contribution is 2.05. The van der Waals surface area contributed by atoms with Gasteiger partial charge in [0, 0.05) is 30.7 Å².